The number of aromatic carboxylic acids is 1. The molecule has 2 aliphatic heterocycles. The van der Waals surface area contributed by atoms with Crippen molar-refractivity contribution in [2.75, 3.05) is 24.7 Å². The van der Waals surface area contributed by atoms with Crippen LogP contribution in [0.3, 0.4) is 0 Å². The van der Waals surface area contributed by atoms with Crippen LogP contribution in [0.25, 0.3) is 0 Å². The van der Waals surface area contributed by atoms with Gasteiger partial charge in [0.05, 0.1) is 17.6 Å². The van der Waals surface area contributed by atoms with Gasteiger partial charge in [0.25, 0.3) is 0 Å². The molecule has 0 aliphatic carbocycles. The summed E-state index contributed by atoms with van der Waals surface area (Å²) in [6.07, 6.45) is 1.54. The Balaban J connectivity index is 1.66. The summed E-state index contributed by atoms with van der Waals surface area (Å²) in [6, 6.07) is 14.5. The predicted molar refractivity (Wildman–Crippen MR) is 109 cm³/mol. The van der Waals surface area contributed by atoms with Crippen LogP contribution in [0.5, 0.6) is 0 Å². The second-order valence-corrected chi connectivity index (χ2v) is 8.19. The third-order valence-electron chi connectivity index (χ3n) is 5.56. The van der Waals surface area contributed by atoms with Gasteiger partial charge in [0.15, 0.2) is 0 Å². The summed E-state index contributed by atoms with van der Waals surface area (Å²) in [5, 5.41) is 9.27. The predicted octanol–water partition coefficient (Wildman–Crippen LogP) is 4.14. The number of benzene rings is 2. The number of urea groups is 1. The van der Waals surface area contributed by atoms with E-state index >= 15 is 0 Å². The van der Waals surface area contributed by atoms with E-state index in [2.05, 4.69) is 15.9 Å². The summed E-state index contributed by atoms with van der Waals surface area (Å²) in [5.74, 6) is -0.966. The van der Waals surface area contributed by atoms with Crippen molar-refractivity contribution in [1.29, 1.82) is 0 Å². The van der Waals surface area contributed by atoms with Crippen LogP contribution in [0.15, 0.2) is 53.0 Å². The minimum Gasteiger partial charge on any atom is -0.478 e. The fourth-order valence-electron chi connectivity index (χ4n) is 4.02. The minimum atomic E-state index is -0.966. The highest BCUT2D eigenvalue weighted by molar-refractivity contribution is 9.10. The van der Waals surface area contributed by atoms with Gasteiger partial charge in [-0.15, -0.1) is 0 Å². The lowest BCUT2D eigenvalue weighted by molar-refractivity contribution is 0.00611. The van der Waals surface area contributed by atoms with Gasteiger partial charge in [0.2, 0.25) is 0 Å². The molecule has 0 unspecified atom stereocenters. The van der Waals surface area contributed by atoms with Crippen molar-refractivity contribution < 1.29 is 19.4 Å². The van der Waals surface area contributed by atoms with Crippen LogP contribution < -0.4 is 4.90 Å². The average Bonchev–Trinajstić information content (AvgIpc) is 2.95. The molecule has 2 amide bonds. The highest BCUT2D eigenvalue weighted by atomic mass is 79.9. The molecule has 0 saturated carbocycles. The maximum absolute atomic E-state index is 13.4. The first-order valence-corrected chi connectivity index (χ1v) is 10.0. The lowest BCUT2D eigenvalue weighted by Gasteiger charge is -2.40. The van der Waals surface area contributed by atoms with Crippen molar-refractivity contribution in [3.63, 3.8) is 0 Å². The third kappa shape index (κ3) is 3.52. The number of carbonyl (C=O) groups excluding carboxylic acids is 1. The molecule has 0 radical (unpaired) electrons. The SMILES string of the molecule is O=C(O)c1cccc(CN2C(=O)N(c3ccc(Br)cc3)CC23CCOCC3)c1. The van der Waals surface area contributed by atoms with Crippen molar-refractivity contribution in [2.45, 2.75) is 24.9 Å². The Morgan fingerprint density at radius 2 is 1.86 bits per heavy atom. The molecule has 7 heteroatoms. The van der Waals surface area contributed by atoms with Crippen molar-refractivity contribution >= 4 is 33.6 Å². The fourth-order valence-corrected chi connectivity index (χ4v) is 4.28. The molecule has 1 N–H and O–H groups in total. The van der Waals surface area contributed by atoms with Crippen LogP contribution in [0, 0.1) is 0 Å². The van der Waals surface area contributed by atoms with E-state index in [1.807, 2.05) is 40.1 Å². The van der Waals surface area contributed by atoms with Crippen molar-refractivity contribution in [1.82, 2.24) is 4.90 Å². The number of anilines is 1. The van der Waals surface area contributed by atoms with E-state index in [0.717, 1.165) is 28.6 Å². The molecule has 0 aromatic heterocycles. The van der Waals surface area contributed by atoms with Crippen molar-refractivity contribution in [2.24, 2.45) is 0 Å². The van der Waals surface area contributed by atoms with Gasteiger partial charge in [-0.25, -0.2) is 9.59 Å². The van der Waals surface area contributed by atoms with Gasteiger partial charge >= 0.3 is 12.0 Å². The Kier molecular flexibility index (Phi) is 5.12. The van der Waals surface area contributed by atoms with Gasteiger partial charge in [-0.1, -0.05) is 28.1 Å². The smallest absolute Gasteiger partial charge is 0.335 e. The molecule has 0 atom stereocenters. The van der Waals surface area contributed by atoms with Gasteiger partial charge in [-0.05, 0) is 54.8 Å². The molecule has 6 nitrogen and oxygen atoms in total. The quantitative estimate of drug-likeness (QED) is 0.768. The van der Waals surface area contributed by atoms with E-state index < -0.39 is 5.97 Å². The Morgan fingerprint density at radius 1 is 1.14 bits per heavy atom. The highest BCUT2D eigenvalue weighted by Gasteiger charge is 2.50. The number of hydrogen-bond donors (Lipinski definition) is 1. The van der Waals surface area contributed by atoms with Gasteiger partial charge in [0, 0.05) is 29.9 Å². The minimum absolute atomic E-state index is 0.0510. The van der Waals surface area contributed by atoms with E-state index in [9.17, 15) is 14.7 Å². The number of rotatable bonds is 4. The van der Waals surface area contributed by atoms with Crippen LogP contribution >= 0.6 is 15.9 Å². The van der Waals surface area contributed by atoms with E-state index in [1.165, 1.54) is 0 Å². The number of amides is 2. The third-order valence-corrected chi connectivity index (χ3v) is 6.09. The molecule has 1 spiro atoms. The first-order valence-electron chi connectivity index (χ1n) is 9.23. The summed E-state index contributed by atoms with van der Waals surface area (Å²) in [4.78, 5) is 28.4. The largest absolute Gasteiger partial charge is 0.478 e. The standard InChI is InChI=1S/C21H21BrN2O4/c22-17-4-6-18(7-5-17)23-14-21(8-10-28-11-9-21)24(20(23)27)13-15-2-1-3-16(12-15)19(25)26/h1-7,12H,8-11,13-14H2,(H,25,26). The monoisotopic (exact) mass is 444 g/mol. The zero-order valence-corrected chi connectivity index (χ0v) is 16.9. The van der Waals surface area contributed by atoms with E-state index in [-0.39, 0.29) is 17.1 Å². The van der Waals surface area contributed by atoms with E-state index in [1.54, 1.807) is 18.2 Å². The molecule has 2 aliphatic rings. The van der Waals surface area contributed by atoms with Gasteiger partial charge in [-0.2, -0.15) is 0 Å². The van der Waals surface area contributed by atoms with Crippen LogP contribution in [0.2, 0.25) is 0 Å². The summed E-state index contributed by atoms with van der Waals surface area (Å²) < 4.78 is 6.52. The molecule has 4 rings (SSSR count). The average molecular weight is 445 g/mol. The summed E-state index contributed by atoms with van der Waals surface area (Å²) in [5.41, 5.74) is 1.61. The Morgan fingerprint density at radius 3 is 2.54 bits per heavy atom. The molecular weight excluding hydrogens is 424 g/mol. The molecule has 2 fully saturated rings. The molecule has 0 bridgehead atoms. The number of carbonyl (C=O) groups is 2. The van der Waals surface area contributed by atoms with Crippen LogP contribution in [0.4, 0.5) is 10.5 Å². The fraction of sp³-hybridized carbons (Fsp3) is 0.333. The molecule has 2 aromatic carbocycles. The first kappa shape index (κ1) is 19.0. The lowest BCUT2D eigenvalue weighted by atomic mass is 9.88. The topological polar surface area (TPSA) is 70.1 Å². The zero-order valence-electron chi connectivity index (χ0n) is 15.3. The number of carboxylic acid groups (broad SMARTS) is 1. The number of hydrogen-bond acceptors (Lipinski definition) is 3. The number of ether oxygens (including phenoxy) is 1. The van der Waals surface area contributed by atoms with Crippen LogP contribution in [0.1, 0.15) is 28.8 Å². The molecular formula is C21H21BrN2O4. The molecule has 146 valence electrons. The number of carboxylic acids is 1. The molecule has 2 aromatic rings. The first-order chi connectivity index (χ1) is 13.5. The number of halogens is 1. The van der Waals surface area contributed by atoms with Gasteiger partial charge < -0.3 is 14.7 Å². The second kappa shape index (κ2) is 7.56. The maximum Gasteiger partial charge on any atom is 0.335 e. The highest BCUT2D eigenvalue weighted by Crippen LogP contribution is 2.39. The molecule has 28 heavy (non-hydrogen) atoms. The van der Waals surface area contributed by atoms with Gasteiger partial charge in [0.1, 0.15) is 0 Å². The Labute approximate surface area is 171 Å². The number of nitrogens with zero attached hydrogens (tertiary/aromatic N) is 2. The Hall–Kier alpha value is -2.38. The summed E-state index contributed by atoms with van der Waals surface area (Å²) in [6.45, 7) is 2.22. The van der Waals surface area contributed by atoms with Gasteiger partial charge in [-0.3, -0.25) is 4.90 Å². The van der Waals surface area contributed by atoms with E-state index in [0.29, 0.717) is 26.3 Å². The maximum atomic E-state index is 13.4. The Bertz CT molecular complexity index is 894. The van der Waals surface area contributed by atoms with Crippen molar-refractivity contribution in [3.05, 3.63) is 64.1 Å². The molecule has 2 saturated heterocycles. The van der Waals surface area contributed by atoms with Crippen molar-refractivity contribution in [3.8, 4) is 0 Å². The summed E-state index contributed by atoms with van der Waals surface area (Å²) in [7, 11) is 0. The second-order valence-electron chi connectivity index (χ2n) is 7.27. The lowest BCUT2D eigenvalue weighted by Crippen LogP contribution is -2.50. The van der Waals surface area contributed by atoms with Crippen LogP contribution in [-0.4, -0.2) is 47.3 Å². The van der Waals surface area contributed by atoms with E-state index in [4.69, 9.17) is 4.74 Å². The zero-order chi connectivity index (χ0) is 19.7. The molecule has 2 heterocycles. The van der Waals surface area contributed by atoms with Crippen LogP contribution in [-0.2, 0) is 11.3 Å². The summed E-state index contributed by atoms with van der Waals surface area (Å²) >= 11 is 3.44. The normalized spacial score (nSPS) is 18.7.